The van der Waals surface area contributed by atoms with Crippen molar-refractivity contribution in [3.63, 3.8) is 0 Å². The first-order valence-electron chi connectivity index (χ1n) is 19.0. The Kier molecular flexibility index (Phi) is 8.30. The van der Waals surface area contributed by atoms with Crippen LogP contribution in [0.15, 0.2) is 96.8 Å². The molecule has 0 unspecified atom stereocenters. The lowest BCUT2D eigenvalue weighted by Gasteiger charge is -2.34. The summed E-state index contributed by atoms with van der Waals surface area (Å²) in [5, 5.41) is 15.6. The van der Waals surface area contributed by atoms with Crippen LogP contribution in [0, 0.1) is 0 Å². The zero-order valence-corrected chi connectivity index (χ0v) is 24.5. The van der Waals surface area contributed by atoms with Crippen LogP contribution in [0.5, 0.6) is 0 Å². The molecule has 0 bridgehead atoms. The maximum atomic E-state index is 12.8. The predicted molar refractivity (Wildman–Crippen MR) is 168 cm³/mol. The van der Waals surface area contributed by atoms with Crippen LogP contribution >= 0.6 is 0 Å². The molecule has 0 aliphatic carbocycles. The Balaban J connectivity index is 0.000000846. The van der Waals surface area contributed by atoms with Crippen LogP contribution in [0.3, 0.4) is 0 Å². The second kappa shape index (κ2) is 16.5. The van der Waals surface area contributed by atoms with E-state index >= 15 is 0 Å². The number of carbonyl (C=O) groups is 3. The number of Topliss-reactive ketones (excluding diaryl/α,β-unsaturated/α-hetero) is 1. The first-order valence-corrected chi connectivity index (χ1v) is 14.0. The smallest absolute Gasteiger partial charge is 0.328 e. The summed E-state index contributed by atoms with van der Waals surface area (Å²) >= 11 is 0. The average Bonchev–Trinajstić information content (AvgIpc) is 3.11. The maximum Gasteiger partial charge on any atom is 0.328 e. The van der Waals surface area contributed by atoms with Gasteiger partial charge >= 0.3 is 11.9 Å². The Morgan fingerprint density at radius 1 is 0.884 bits per heavy atom. The lowest BCUT2D eigenvalue weighted by atomic mass is 9.86. The highest BCUT2D eigenvalue weighted by molar-refractivity contribution is 5.96. The van der Waals surface area contributed by atoms with Crippen molar-refractivity contribution in [2.75, 3.05) is 19.6 Å². The molecular weight excluding hydrogens is 542 g/mol. The van der Waals surface area contributed by atoms with Crippen molar-refractivity contribution < 1.29 is 43.0 Å². The van der Waals surface area contributed by atoms with Gasteiger partial charge in [-0.15, -0.1) is 0 Å². The molecule has 0 radical (unpaired) electrons. The fourth-order valence-corrected chi connectivity index (χ4v) is 4.43. The molecule has 3 aromatic rings. The highest BCUT2D eigenvalue weighted by atomic mass is 16.5. The number of benzene rings is 3. The molecule has 1 heterocycles. The molecule has 0 atom stereocenters. The zero-order chi connectivity index (χ0) is 39.9. The molecule has 7 nitrogen and oxygen atoms in total. The van der Waals surface area contributed by atoms with Crippen LogP contribution in [0.2, 0.25) is 0 Å². The number of hydrogen-bond acceptors (Lipinski definition) is 5. The quantitative estimate of drug-likeness (QED) is 0.183. The second-order valence-corrected chi connectivity index (χ2v) is 11.0. The van der Waals surface area contributed by atoms with E-state index in [1.54, 1.807) is 0 Å². The number of carboxylic acid groups (broad SMARTS) is 2. The van der Waals surface area contributed by atoms with Crippen molar-refractivity contribution in [2.45, 2.75) is 64.1 Å². The van der Waals surface area contributed by atoms with Gasteiger partial charge in [0, 0.05) is 37.2 Å². The summed E-state index contributed by atoms with van der Waals surface area (Å²) in [5.41, 5.74) is 1.35. The molecule has 7 heteroatoms. The van der Waals surface area contributed by atoms with E-state index in [-0.39, 0.29) is 22.3 Å². The van der Waals surface area contributed by atoms with E-state index in [4.69, 9.17) is 28.7 Å². The molecule has 1 aliphatic rings. The van der Waals surface area contributed by atoms with E-state index < -0.39 is 84.6 Å². The van der Waals surface area contributed by atoms with E-state index in [2.05, 4.69) is 25.7 Å². The summed E-state index contributed by atoms with van der Waals surface area (Å²) in [4.78, 5) is 34.1. The van der Waals surface area contributed by atoms with E-state index in [0.717, 1.165) is 0 Å². The van der Waals surface area contributed by atoms with Crippen molar-refractivity contribution in [1.29, 1.82) is 0 Å². The molecule has 0 amide bonds. The summed E-state index contributed by atoms with van der Waals surface area (Å²) in [6, 6.07) is 2.00. The van der Waals surface area contributed by atoms with Crippen LogP contribution in [0.1, 0.15) is 93.3 Å². The zero-order valence-electron chi connectivity index (χ0n) is 34.5. The number of rotatable bonds is 11. The molecule has 43 heavy (non-hydrogen) atoms. The van der Waals surface area contributed by atoms with Gasteiger partial charge in [-0.2, -0.15) is 0 Å². The van der Waals surface area contributed by atoms with Crippen molar-refractivity contribution in [1.82, 2.24) is 4.90 Å². The number of ether oxygens (including phenoxy) is 1. The third kappa shape index (κ3) is 11.6. The minimum absolute atomic E-state index is 0.0147. The van der Waals surface area contributed by atoms with Crippen LogP contribution in [-0.2, 0) is 19.7 Å². The van der Waals surface area contributed by atoms with Gasteiger partial charge in [0.25, 0.3) is 0 Å². The Bertz CT molecular complexity index is 1730. The molecule has 3 aromatic carbocycles. The summed E-state index contributed by atoms with van der Waals surface area (Å²) < 4.78 is 89.0. The molecule has 2 N–H and O–H groups in total. The summed E-state index contributed by atoms with van der Waals surface area (Å²) in [5.74, 6) is -2.42. The topological polar surface area (TPSA) is 104 Å². The molecular formula is C36H43NO6. The number of carboxylic acids is 2. The SMILES string of the molecule is O=C(O)/C=C/C(=O)O.[2H]c1c([2H])c([2H])c(C(OC2CCN(CCCC(=O)c3ccc(C(C)(C)C)cc3)CC2)c2c([2H])c([2H])c([2H])c([2H])c2[2H])c([2H])c1[2H]. The van der Waals surface area contributed by atoms with Gasteiger partial charge < -0.3 is 19.8 Å². The van der Waals surface area contributed by atoms with Crippen LogP contribution in [0.25, 0.3) is 0 Å². The predicted octanol–water partition coefficient (Wildman–Crippen LogP) is 6.93. The lowest BCUT2D eigenvalue weighted by Crippen LogP contribution is -2.38. The number of piperidine rings is 1. The highest BCUT2D eigenvalue weighted by Gasteiger charge is 2.25. The number of aliphatic carboxylic acids is 2. The molecule has 228 valence electrons. The van der Waals surface area contributed by atoms with Crippen LogP contribution in [0.4, 0.5) is 0 Å². The van der Waals surface area contributed by atoms with Gasteiger partial charge in [-0.3, -0.25) is 4.79 Å². The summed E-state index contributed by atoms with van der Waals surface area (Å²) in [7, 11) is 0. The van der Waals surface area contributed by atoms with Gasteiger partial charge in [-0.25, -0.2) is 9.59 Å². The van der Waals surface area contributed by atoms with Crippen molar-refractivity contribution in [2.24, 2.45) is 0 Å². The highest BCUT2D eigenvalue weighted by Crippen LogP contribution is 2.30. The largest absolute Gasteiger partial charge is 0.478 e. The second-order valence-electron chi connectivity index (χ2n) is 11.0. The van der Waals surface area contributed by atoms with E-state index in [0.29, 0.717) is 63.0 Å². The molecule has 0 saturated carbocycles. The monoisotopic (exact) mass is 595 g/mol. The van der Waals surface area contributed by atoms with Gasteiger partial charge in [-0.05, 0) is 47.9 Å². The molecule has 1 fully saturated rings. The maximum absolute atomic E-state index is 12.8. The fraction of sp³-hybridized carbons (Fsp3) is 0.361. The lowest BCUT2D eigenvalue weighted by molar-refractivity contribution is -0.134. The van der Waals surface area contributed by atoms with E-state index in [1.807, 2.05) is 24.3 Å². The van der Waals surface area contributed by atoms with Crippen molar-refractivity contribution >= 4 is 17.7 Å². The van der Waals surface area contributed by atoms with Gasteiger partial charge in [0.2, 0.25) is 0 Å². The Labute approximate surface area is 268 Å². The van der Waals surface area contributed by atoms with Crippen LogP contribution < -0.4 is 0 Å². The Morgan fingerprint density at radius 2 is 1.37 bits per heavy atom. The minimum atomic E-state index is -1.48. The van der Waals surface area contributed by atoms with E-state index in [9.17, 15) is 14.4 Å². The standard InChI is InChI=1S/C32H39NO2.C4H4O4/c1-32(2,3)28-18-16-25(17-19-28)30(34)15-10-22-33-23-20-29(21-24-33)35-31(26-11-6-4-7-12-26)27-13-8-5-9-14-27;5-3(6)1-2-4(7)8/h4-9,11-14,16-19,29,31H,10,15,20-24H2,1-3H3;1-2H,(H,5,6)(H,7,8)/b;2-1+/i4D,5D,6D,7D,8D,9D,11D,12D,13D,14D;. The third-order valence-electron chi connectivity index (χ3n) is 6.75. The number of likely N-dealkylation sites (tertiary alicyclic amines) is 1. The normalized spacial score (nSPS) is 17.6. The number of nitrogens with zero attached hydrogens (tertiary/aromatic N) is 1. The van der Waals surface area contributed by atoms with E-state index in [1.165, 1.54) is 5.56 Å². The average molecular weight is 596 g/mol. The van der Waals surface area contributed by atoms with Crippen molar-refractivity contribution in [3.05, 3.63) is 119 Å². The molecule has 1 aliphatic heterocycles. The molecule has 1 saturated heterocycles. The first kappa shape index (κ1) is 21.6. The molecule has 0 aromatic heterocycles. The summed E-state index contributed by atoms with van der Waals surface area (Å²) in [6.45, 7) is 8.32. The van der Waals surface area contributed by atoms with Gasteiger partial charge in [0.15, 0.2) is 5.78 Å². The van der Waals surface area contributed by atoms with Gasteiger partial charge in [-0.1, -0.05) is 105 Å². The molecule has 0 spiro atoms. The number of ketones is 1. The van der Waals surface area contributed by atoms with Gasteiger partial charge in [0.1, 0.15) is 6.10 Å². The minimum Gasteiger partial charge on any atom is -0.478 e. The Morgan fingerprint density at radius 3 is 1.81 bits per heavy atom. The van der Waals surface area contributed by atoms with Crippen LogP contribution in [-0.4, -0.2) is 58.6 Å². The first-order chi connectivity index (χ1) is 24.7. The van der Waals surface area contributed by atoms with Gasteiger partial charge in [0.05, 0.1) is 19.8 Å². The Hall–Kier alpha value is -4.07. The number of carbonyl (C=O) groups excluding carboxylic acids is 1. The van der Waals surface area contributed by atoms with Crippen molar-refractivity contribution in [3.8, 4) is 0 Å². The molecule has 4 rings (SSSR count). The number of hydrogen-bond donors (Lipinski definition) is 2. The fourth-order valence-electron chi connectivity index (χ4n) is 4.43. The summed E-state index contributed by atoms with van der Waals surface area (Å²) in [6.07, 6.45) is 1.28. The third-order valence-corrected chi connectivity index (χ3v) is 6.75.